The van der Waals surface area contributed by atoms with Crippen molar-refractivity contribution in [2.45, 2.75) is 38.3 Å². The number of rotatable bonds is 6. The number of benzene rings is 1. The van der Waals surface area contributed by atoms with E-state index in [-0.39, 0.29) is 23.8 Å². The average Bonchev–Trinajstić information content (AvgIpc) is 2.81. The summed E-state index contributed by atoms with van der Waals surface area (Å²) in [5.41, 5.74) is 7.83. The predicted molar refractivity (Wildman–Crippen MR) is 126 cm³/mol. The Morgan fingerprint density at radius 1 is 1.09 bits per heavy atom. The van der Waals surface area contributed by atoms with Crippen LogP contribution in [0.3, 0.4) is 0 Å². The van der Waals surface area contributed by atoms with Crippen LogP contribution in [0.15, 0.2) is 47.8 Å². The van der Waals surface area contributed by atoms with Gasteiger partial charge >= 0.3 is 0 Å². The summed E-state index contributed by atoms with van der Waals surface area (Å²) in [6.07, 6.45) is 5.09. The van der Waals surface area contributed by atoms with E-state index in [1.165, 1.54) is 0 Å². The normalized spacial score (nSPS) is 19.6. The highest BCUT2D eigenvalue weighted by Gasteiger charge is 2.34. The summed E-state index contributed by atoms with van der Waals surface area (Å²) in [4.78, 5) is 33.1. The van der Waals surface area contributed by atoms with E-state index in [4.69, 9.17) is 17.3 Å². The second-order valence-corrected chi connectivity index (χ2v) is 9.34. The van der Waals surface area contributed by atoms with E-state index in [1.54, 1.807) is 18.3 Å². The maximum atomic E-state index is 13.1. The number of nitroso groups, excluding NO2 is 1. The van der Waals surface area contributed by atoms with Gasteiger partial charge in [-0.1, -0.05) is 28.9 Å². The first-order chi connectivity index (χ1) is 15.5. The van der Waals surface area contributed by atoms with Gasteiger partial charge in [0.2, 0.25) is 5.91 Å². The van der Waals surface area contributed by atoms with Gasteiger partial charge in [-0.2, -0.15) is 4.91 Å². The van der Waals surface area contributed by atoms with Crippen LogP contribution in [0, 0.1) is 16.7 Å². The van der Waals surface area contributed by atoms with Gasteiger partial charge in [0.05, 0.1) is 0 Å². The Kier molecular flexibility index (Phi) is 7.37. The molecule has 2 N–H and O–H groups in total. The molecular formula is C24H30ClN5O2. The molecule has 170 valence electrons. The molecule has 1 amide bonds. The number of carbonyl (C=O) groups excluding carboxylic acids is 1. The van der Waals surface area contributed by atoms with E-state index in [0.717, 1.165) is 56.4 Å². The highest BCUT2D eigenvalue weighted by Crippen LogP contribution is 2.35. The maximum absolute atomic E-state index is 13.1. The van der Waals surface area contributed by atoms with Crippen molar-refractivity contribution in [3.8, 4) is 0 Å². The van der Waals surface area contributed by atoms with Crippen LogP contribution in [0.1, 0.15) is 42.9 Å². The van der Waals surface area contributed by atoms with Crippen molar-refractivity contribution >= 4 is 23.3 Å². The first-order valence-corrected chi connectivity index (χ1v) is 11.7. The van der Waals surface area contributed by atoms with Crippen LogP contribution >= 0.6 is 11.6 Å². The zero-order valence-electron chi connectivity index (χ0n) is 18.2. The zero-order chi connectivity index (χ0) is 22.5. The molecule has 2 saturated heterocycles. The van der Waals surface area contributed by atoms with Gasteiger partial charge in [-0.15, -0.1) is 0 Å². The minimum Gasteiger partial charge on any atom is -0.384 e. The summed E-state index contributed by atoms with van der Waals surface area (Å²) < 4.78 is 0. The first-order valence-electron chi connectivity index (χ1n) is 11.3. The number of nitrogen functional groups attached to an aromatic ring is 1. The Labute approximate surface area is 193 Å². The molecule has 0 saturated carbocycles. The Morgan fingerprint density at radius 2 is 1.78 bits per heavy atom. The summed E-state index contributed by atoms with van der Waals surface area (Å²) >= 11 is 5.97. The fourth-order valence-corrected chi connectivity index (χ4v) is 5.09. The fraction of sp³-hybridized carbons (Fsp3) is 0.500. The lowest BCUT2D eigenvalue weighted by atomic mass is 9.85. The van der Waals surface area contributed by atoms with Crippen molar-refractivity contribution in [1.29, 1.82) is 0 Å². The third-order valence-electron chi connectivity index (χ3n) is 6.81. The Morgan fingerprint density at radius 3 is 2.41 bits per heavy atom. The van der Waals surface area contributed by atoms with E-state index in [1.807, 2.05) is 29.2 Å². The van der Waals surface area contributed by atoms with E-state index >= 15 is 0 Å². The fourth-order valence-electron chi connectivity index (χ4n) is 4.96. The lowest BCUT2D eigenvalue weighted by Gasteiger charge is -2.38. The molecule has 2 aliphatic heterocycles. The van der Waals surface area contributed by atoms with Gasteiger partial charge in [-0.25, -0.2) is 4.98 Å². The highest BCUT2D eigenvalue weighted by molar-refractivity contribution is 6.30. The SMILES string of the molecule is Nc1cc(CN2CCC(C(=O)N3CCC(C(N=O)c4ccc(Cl)cc4)CC3)CC2)ccn1. The van der Waals surface area contributed by atoms with E-state index in [2.05, 4.69) is 15.1 Å². The summed E-state index contributed by atoms with van der Waals surface area (Å²) in [6.45, 7) is 4.04. The van der Waals surface area contributed by atoms with Crippen LogP contribution in [-0.2, 0) is 11.3 Å². The standard InChI is InChI=1S/C24H30ClN5O2/c25-21-3-1-18(2-4-21)23(28-32)19-8-13-30(14-9-19)24(31)20-6-11-29(12-7-20)16-17-5-10-27-22(26)15-17/h1-5,10,15,19-20,23H,6-9,11-14,16H2,(H2,26,27). The molecule has 2 fully saturated rings. The Bertz CT molecular complexity index is 922. The summed E-state index contributed by atoms with van der Waals surface area (Å²) in [6, 6.07) is 10.9. The van der Waals surface area contributed by atoms with Gasteiger partial charge in [-0.05, 0) is 80.1 Å². The van der Waals surface area contributed by atoms with Crippen molar-refractivity contribution in [3.63, 3.8) is 0 Å². The number of aromatic nitrogens is 1. The van der Waals surface area contributed by atoms with Crippen LogP contribution in [0.2, 0.25) is 5.02 Å². The largest absolute Gasteiger partial charge is 0.384 e. The number of piperidine rings is 2. The van der Waals surface area contributed by atoms with Gasteiger partial charge in [0.25, 0.3) is 0 Å². The number of amides is 1. The lowest BCUT2D eigenvalue weighted by molar-refractivity contribution is -0.138. The van der Waals surface area contributed by atoms with Crippen LogP contribution in [-0.4, -0.2) is 46.9 Å². The maximum Gasteiger partial charge on any atom is 0.225 e. The second-order valence-electron chi connectivity index (χ2n) is 8.90. The topological polar surface area (TPSA) is 91.9 Å². The summed E-state index contributed by atoms with van der Waals surface area (Å²) in [7, 11) is 0. The number of halogens is 1. The summed E-state index contributed by atoms with van der Waals surface area (Å²) in [5.74, 6) is 1.05. The number of pyridine rings is 1. The van der Waals surface area contributed by atoms with Crippen molar-refractivity contribution in [2.75, 3.05) is 31.9 Å². The number of carbonyl (C=O) groups is 1. The molecule has 1 unspecified atom stereocenters. The number of nitrogens with two attached hydrogens (primary N) is 1. The molecule has 0 radical (unpaired) electrons. The van der Waals surface area contributed by atoms with Gasteiger partial charge in [0.1, 0.15) is 11.9 Å². The van der Waals surface area contributed by atoms with Gasteiger partial charge < -0.3 is 10.6 Å². The van der Waals surface area contributed by atoms with Crippen LogP contribution in [0.5, 0.6) is 0 Å². The Hall–Kier alpha value is -2.51. The number of nitrogens with zero attached hydrogens (tertiary/aromatic N) is 4. The molecular weight excluding hydrogens is 426 g/mol. The van der Waals surface area contributed by atoms with Crippen molar-refractivity contribution in [1.82, 2.24) is 14.8 Å². The molecule has 2 aromatic rings. The monoisotopic (exact) mass is 455 g/mol. The predicted octanol–water partition coefficient (Wildman–Crippen LogP) is 4.28. The minimum atomic E-state index is -0.380. The molecule has 3 heterocycles. The van der Waals surface area contributed by atoms with Crippen molar-refractivity contribution in [3.05, 3.63) is 63.7 Å². The molecule has 1 aromatic heterocycles. The van der Waals surface area contributed by atoms with Gasteiger partial charge in [0.15, 0.2) is 0 Å². The molecule has 0 aliphatic carbocycles. The third-order valence-corrected chi connectivity index (χ3v) is 7.06. The smallest absolute Gasteiger partial charge is 0.225 e. The van der Waals surface area contributed by atoms with Crippen molar-refractivity contribution in [2.24, 2.45) is 17.0 Å². The molecule has 2 aliphatic rings. The molecule has 7 nitrogen and oxygen atoms in total. The molecule has 4 rings (SSSR count). The van der Waals surface area contributed by atoms with Gasteiger partial charge in [-0.3, -0.25) is 9.69 Å². The lowest BCUT2D eigenvalue weighted by Crippen LogP contribution is -2.45. The van der Waals surface area contributed by atoms with Crippen molar-refractivity contribution < 1.29 is 4.79 Å². The number of anilines is 1. The van der Waals surface area contributed by atoms with Crippen LogP contribution in [0.4, 0.5) is 5.82 Å². The van der Waals surface area contributed by atoms with E-state index in [9.17, 15) is 9.70 Å². The van der Waals surface area contributed by atoms with E-state index < -0.39 is 0 Å². The number of hydrogen-bond donors (Lipinski definition) is 1. The highest BCUT2D eigenvalue weighted by atomic mass is 35.5. The van der Waals surface area contributed by atoms with E-state index in [0.29, 0.717) is 23.9 Å². The van der Waals surface area contributed by atoms with Crippen LogP contribution in [0.25, 0.3) is 0 Å². The molecule has 32 heavy (non-hydrogen) atoms. The first kappa shape index (κ1) is 22.7. The Balaban J connectivity index is 1.25. The molecule has 1 aromatic carbocycles. The summed E-state index contributed by atoms with van der Waals surface area (Å²) in [5, 5.41) is 4.05. The second kappa shape index (κ2) is 10.4. The minimum absolute atomic E-state index is 0.0848. The van der Waals surface area contributed by atoms with Crippen LogP contribution < -0.4 is 5.73 Å². The molecule has 0 spiro atoms. The molecule has 0 bridgehead atoms. The molecule has 1 atom stereocenters. The molecule has 8 heteroatoms. The number of hydrogen-bond acceptors (Lipinski definition) is 6. The quantitative estimate of drug-likeness (QED) is 0.656. The number of likely N-dealkylation sites (tertiary alicyclic amines) is 2. The third kappa shape index (κ3) is 5.45. The zero-order valence-corrected chi connectivity index (χ0v) is 19.0. The van der Waals surface area contributed by atoms with Gasteiger partial charge in [0, 0.05) is 36.8 Å². The average molecular weight is 456 g/mol.